The second-order valence-corrected chi connectivity index (χ2v) is 7.30. The fourth-order valence-electron chi connectivity index (χ4n) is 4.32. The third-order valence-electron chi connectivity index (χ3n) is 5.65. The van der Waals surface area contributed by atoms with Crippen molar-refractivity contribution in [2.24, 2.45) is 0 Å². The number of para-hydroxylation sites is 1. The standard InChI is InChI=1S/C23H23N3/c1-2-10-21(11-3-1)26-23-12-6-9-18(22(23)15-24-26)13-14-25-16-19-7-4-5-8-20(19)17-25/h1-5,7-8,10-11,15-18H,6,9,12-14H2. The fourth-order valence-corrected chi connectivity index (χ4v) is 4.32. The van der Waals surface area contributed by atoms with E-state index in [0.717, 1.165) is 13.0 Å². The Bertz CT molecular complexity index is 993. The number of fused-ring (bicyclic) bond motifs is 2. The van der Waals surface area contributed by atoms with Crippen molar-refractivity contribution in [1.29, 1.82) is 0 Å². The molecular weight excluding hydrogens is 318 g/mol. The average Bonchev–Trinajstić information content (AvgIpc) is 3.31. The SMILES string of the molecule is c1ccc(-n2ncc3c2CCCC3CCn2cc3ccccc3c2)cc1. The van der Waals surface area contributed by atoms with Crippen LogP contribution < -0.4 is 0 Å². The maximum atomic E-state index is 4.72. The molecule has 1 aliphatic rings. The van der Waals surface area contributed by atoms with Crippen LogP contribution in [0.3, 0.4) is 0 Å². The summed E-state index contributed by atoms with van der Waals surface area (Å²) in [4.78, 5) is 0. The fraction of sp³-hybridized carbons (Fsp3) is 0.261. The number of aryl methyl sites for hydroxylation is 1. The summed E-state index contributed by atoms with van der Waals surface area (Å²) in [5, 5.41) is 7.37. The van der Waals surface area contributed by atoms with Gasteiger partial charge in [-0.05, 0) is 60.1 Å². The molecule has 3 nitrogen and oxygen atoms in total. The summed E-state index contributed by atoms with van der Waals surface area (Å²) in [6, 6.07) is 19.1. The molecule has 2 aromatic heterocycles. The van der Waals surface area contributed by atoms with Crippen molar-refractivity contribution in [3.63, 3.8) is 0 Å². The molecule has 4 aromatic rings. The van der Waals surface area contributed by atoms with Gasteiger partial charge in [-0.25, -0.2) is 4.68 Å². The zero-order valence-electron chi connectivity index (χ0n) is 14.9. The normalized spacial score (nSPS) is 16.7. The Morgan fingerprint density at radius 2 is 1.65 bits per heavy atom. The van der Waals surface area contributed by atoms with E-state index >= 15 is 0 Å². The maximum Gasteiger partial charge on any atom is 0.0648 e. The second-order valence-electron chi connectivity index (χ2n) is 7.30. The van der Waals surface area contributed by atoms with Crippen LogP contribution in [0.2, 0.25) is 0 Å². The molecule has 1 atom stereocenters. The van der Waals surface area contributed by atoms with E-state index < -0.39 is 0 Å². The number of aromatic nitrogens is 3. The highest BCUT2D eigenvalue weighted by Gasteiger charge is 2.24. The third-order valence-corrected chi connectivity index (χ3v) is 5.65. The first-order chi connectivity index (χ1) is 12.9. The lowest BCUT2D eigenvalue weighted by atomic mass is 9.85. The molecule has 0 fully saturated rings. The van der Waals surface area contributed by atoms with Crippen LogP contribution in [0.15, 0.2) is 73.2 Å². The van der Waals surface area contributed by atoms with Crippen molar-refractivity contribution in [3.8, 4) is 5.69 Å². The second kappa shape index (κ2) is 6.49. The van der Waals surface area contributed by atoms with Crippen LogP contribution in [0.4, 0.5) is 0 Å². The number of benzene rings is 2. The number of nitrogens with zero attached hydrogens (tertiary/aromatic N) is 3. The molecule has 2 heterocycles. The molecule has 0 radical (unpaired) electrons. The van der Waals surface area contributed by atoms with Crippen molar-refractivity contribution in [2.75, 3.05) is 0 Å². The molecule has 3 heteroatoms. The molecule has 1 unspecified atom stereocenters. The van der Waals surface area contributed by atoms with Gasteiger partial charge < -0.3 is 4.57 Å². The molecule has 2 aromatic carbocycles. The van der Waals surface area contributed by atoms with E-state index in [2.05, 4.69) is 82.4 Å². The maximum absolute atomic E-state index is 4.72. The molecule has 0 saturated carbocycles. The topological polar surface area (TPSA) is 22.8 Å². The highest BCUT2D eigenvalue weighted by Crippen LogP contribution is 2.35. The van der Waals surface area contributed by atoms with E-state index in [1.165, 1.54) is 47.0 Å². The summed E-state index contributed by atoms with van der Waals surface area (Å²) in [5.74, 6) is 0.613. The molecule has 0 amide bonds. The van der Waals surface area contributed by atoms with E-state index in [1.807, 2.05) is 0 Å². The van der Waals surface area contributed by atoms with Crippen LogP contribution in [0.25, 0.3) is 16.5 Å². The summed E-state index contributed by atoms with van der Waals surface area (Å²) < 4.78 is 4.49. The zero-order chi connectivity index (χ0) is 17.3. The monoisotopic (exact) mass is 341 g/mol. The van der Waals surface area contributed by atoms with Gasteiger partial charge >= 0.3 is 0 Å². The molecule has 0 bridgehead atoms. The quantitative estimate of drug-likeness (QED) is 0.491. The minimum Gasteiger partial charge on any atom is -0.353 e. The molecule has 0 spiro atoms. The lowest BCUT2D eigenvalue weighted by molar-refractivity contribution is 0.478. The molecule has 5 rings (SSSR count). The third kappa shape index (κ3) is 2.74. The van der Waals surface area contributed by atoms with Crippen LogP contribution in [0.1, 0.15) is 36.4 Å². The van der Waals surface area contributed by atoms with Crippen molar-refractivity contribution in [2.45, 2.75) is 38.1 Å². The predicted octanol–water partition coefficient (Wildman–Crippen LogP) is 5.34. The summed E-state index contributed by atoms with van der Waals surface area (Å²) in [6.45, 7) is 1.06. The number of rotatable bonds is 4. The van der Waals surface area contributed by atoms with Crippen molar-refractivity contribution < 1.29 is 0 Å². The van der Waals surface area contributed by atoms with E-state index in [4.69, 9.17) is 5.10 Å². The number of hydrogen-bond acceptors (Lipinski definition) is 1. The van der Waals surface area contributed by atoms with Gasteiger partial charge in [0.2, 0.25) is 0 Å². The molecule has 0 saturated heterocycles. The molecular formula is C23H23N3. The van der Waals surface area contributed by atoms with Gasteiger partial charge in [-0.15, -0.1) is 0 Å². The minimum absolute atomic E-state index is 0.613. The lowest BCUT2D eigenvalue weighted by Crippen LogP contribution is -2.13. The van der Waals surface area contributed by atoms with Gasteiger partial charge in [-0.3, -0.25) is 0 Å². The van der Waals surface area contributed by atoms with Gasteiger partial charge in [0.15, 0.2) is 0 Å². The Morgan fingerprint density at radius 3 is 2.42 bits per heavy atom. The van der Waals surface area contributed by atoms with Gasteiger partial charge in [0.1, 0.15) is 0 Å². The Morgan fingerprint density at radius 1 is 0.923 bits per heavy atom. The molecule has 0 aliphatic heterocycles. The van der Waals surface area contributed by atoms with E-state index in [0.29, 0.717) is 5.92 Å². The molecule has 1 aliphatic carbocycles. The zero-order valence-corrected chi connectivity index (χ0v) is 14.9. The Balaban J connectivity index is 1.38. The average molecular weight is 341 g/mol. The van der Waals surface area contributed by atoms with Crippen LogP contribution in [0, 0.1) is 0 Å². The summed E-state index contributed by atoms with van der Waals surface area (Å²) in [5.41, 5.74) is 4.04. The summed E-state index contributed by atoms with van der Waals surface area (Å²) in [6.07, 6.45) is 11.5. The number of hydrogen-bond donors (Lipinski definition) is 0. The Hall–Kier alpha value is -2.81. The van der Waals surface area contributed by atoms with Gasteiger partial charge in [-0.1, -0.05) is 42.5 Å². The Labute approximate surface area is 153 Å². The van der Waals surface area contributed by atoms with Gasteiger partial charge in [0.05, 0.1) is 11.9 Å². The van der Waals surface area contributed by atoms with E-state index in [-0.39, 0.29) is 0 Å². The minimum atomic E-state index is 0.613. The highest BCUT2D eigenvalue weighted by molar-refractivity contribution is 5.82. The van der Waals surface area contributed by atoms with Crippen LogP contribution in [0.5, 0.6) is 0 Å². The van der Waals surface area contributed by atoms with Crippen LogP contribution in [-0.4, -0.2) is 14.3 Å². The first-order valence-corrected chi connectivity index (χ1v) is 9.55. The van der Waals surface area contributed by atoms with Gasteiger partial charge in [-0.2, -0.15) is 5.10 Å². The van der Waals surface area contributed by atoms with Crippen molar-refractivity contribution in [1.82, 2.24) is 14.3 Å². The van der Waals surface area contributed by atoms with E-state index in [1.54, 1.807) is 0 Å². The Kier molecular flexibility index (Phi) is 3.85. The van der Waals surface area contributed by atoms with Crippen LogP contribution in [-0.2, 0) is 13.0 Å². The van der Waals surface area contributed by atoms with Crippen molar-refractivity contribution in [3.05, 3.63) is 84.4 Å². The first-order valence-electron chi connectivity index (χ1n) is 9.55. The highest BCUT2D eigenvalue weighted by atomic mass is 15.3. The first kappa shape index (κ1) is 15.4. The largest absolute Gasteiger partial charge is 0.353 e. The molecule has 0 N–H and O–H groups in total. The lowest BCUT2D eigenvalue weighted by Gasteiger charge is -2.23. The van der Waals surface area contributed by atoms with Crippen LogP contribution >= 0.6 is 0 Å². The van der Waals surface area contributed by atoms with Gasteiger partial charge in [0, 0.05) is 24.6 Å². The predicted molar refractivity (Wildman–Crippen MR) is 106 cm³/mol. The van der Waals surface area contributed by atoms with Crippen molar-refractivity contribution >= 4 is 10.8 Å². The summed E-state index contributed by atoms with van der Waals surface area (Å²) in [7, 11) is 0. The van der Waals surface area contributed by atoms with E-state index in [9.17, 15) is 0 Å². The summed E-state index contributed by atoms with van der Waals surface area (Å²) >= 11 is 0. The molecule has 130 valence electrons. The molecule has 26 heavy (non-hydrogen) atoms. The smallest absolute Gasteiger partial charge is 0.0648 e. The van der Waals surface area contributed by atoms with Gasteiger partial charge in [0.25, 0.3) is 0 Å².